The Bertz CT molecular complexity index is 433. The molecule has 0 aliphatic heterocycles. The van der Waals surface area contributed by atoms with Crippen LogP contribution in [0, 0.1) is 6.92 Å². The normalized spacial score (nSPS) is 10.8. The molecule has 15 heavy (non-hydrogen) atoms. The van der Waals surface area contributed by atoms with E-state index in [-0.39, 0.29) is 0 Å². The van der Waals surface area contributed by atoms with Gasteiger partial charge in [0.15, 0.2) is 0 Å². The number of hydrogen-bond acceptors (Lipinski definition) is 5. The lowest BCUT2D eigenvalue weighted by Crippen LogP contribution is -2.11. The predicted molar refractivity (Wildman–Crippen MR) is 59.1 cm³/mol. The Hall–Kier alpha value is -1.27. The Morgan fingerprint density at radius 3 is 3.00 bits per heavy atom. The number of aryl methyl sites for hydroxylation is 1. The third kappa shape index (κ3) is 2.40. The van der Waals surface area contributed by atoms with Gasteiger partial charge in [-0.15, -0.1) is 10.2 Å². The number of rotatable bonds is 4. The Kier molecular flexibility index (Phi) is 3.08. The van der Waals surface area contributed by atoms with Crippen LogP contribution in [0.25, 0.3) is 5.13 Å². The highest BCUT2D eigenvalue weighted by atomic mass is 32.1. The Labute approximate surface area is 92.2 Å². The quantitative estimate of drug-likeness (QED) is 0.844. The van der Waals surface area contributed by atoms with Crippen LogP contribution < -0.4 is 5.32 Å². The van der Waals surface area contributed by atoms with E-state index < -0.39 is 0 Å². The summed E-state index contributed by atoms with van der Waals surface area (Å²) in [5, 5.41) is 17.4. The third-order valence-electron chi connectivity index (χ3n) is 1.89. The van der Waals surface area contributed by atoms with E-state index >= 15 is 0 Å². The van der Waals surface area contributed by atoms with Crippen LogP contribution in [0.3, 0.4) is 0 Å². The van der Waals surface area contributed by atoms with Crippen LogP contribution in [-0.4, -0.2) is 26.5 Å². The fourth-order valence-electron chi connectivity index (χ4n) is 1.16. The summed E-state index contributed by atoms with van der Waals surface area (Å²) >= 11 is 1.55. The molecule has 0 bridgehead atoms. The van der Waals surface area contributed by atoms with Gasteiger partial charge in [-0.1, -0.05) is 18.3 Å². The molecule has 0 saturated heterocycles. The standard InChI is InChI=1S/C9H13N5S/c1-3-10-5-8-12-13-9(15-8)14-6-7(2)4-11-14/h4,6,10H,3,5H2,1-2H3. The van der Waals surface area contributed by atoms with Crippen molar-refractivity contribution in [1.82, 2.24) is 25.3 Å². The number of nitrogens with zero attached hydrogens (tertiary/aromatic N) is 4. The molecule has 0 spiro atoms. The van der Waals surface area contributed by atoms with Crippen molar-refractivity contribution in [2.24, 2.45) is 0 Å². The second-order valence-electron chi connectivity index (χ2n) is 3.22. The molecule has 0 atom stereocenters. The first-order valence-corrected chi connectivity index (χ1v) is 5.66. The van der Waals surface area contributed by atoms with Crippen LogP contribution in [0.15, 0.2) is 12.4 Å². The average molecular weight is 223 g/mol. The van der Waals surface area contributed by atoms with Crippen LogP contribution in [0.1, 0.15) is 17.5 Å². The Morgan fingerprint density at radius 1 is 1.47 bits per heavy atom. The second-order valence-corrected chi connectivity index (χ2v) is 4.26. The van der Waals surface area contributed by atoms with Crippen molar-refractivity contribution in [3.8, 4) is 5.13 Å². The van der Waals surface area contributed by atoms with E-state index in [4.69, 9.17) is 0 Å². The molecular weight excluding hydrogens is 210 g/mol. The molecule has 0 unspecified atom stereocenters. The minimum Gasteiger partial charge on any atom is -0.311 e. The molecule has 2 aromatic rings. The van der Waals surface area contributed by atoms with Crippen LogP contribution >= 0.6 is 11.3 Å². The summed E-state index contributed by atoms with van der Waals surface area (Å²) in [7, 11) is 0. The maximum atomic E-state index is 4.18. The lowest BCUT2D eigenvalue weighted by Gasteiger charge is -1.93. The molecule has 2 aromatic heterocycles. The van der Waals surface area contributed by atoms with Gasteiger partial charge in [0.25, 0.3) is 0 Å². The first kappa shape index (κ1) is 10.3. The van der Waals surface area contributed by atoms with Gasteiger partial charge < -0.3 is 5.32 Å². The summed E-state index contributed by atoms with van der Waals surface area (Å²) in [6, 6.07) is 0. The fraction of sp³-hybridized carbons (Fsp3) is 0.444. The molecule has 1 N–H and O–H groups in total. The largest absolute Gasteiger partial charge is 0.311 e. The minimum atomic E-state index is 0.772. The summed E-state index contributed by atoms with van der Waals surface area (Å²) in [6.07, 6.45) is 3.75. The van der Waals surface area contributed by atoms with Crippen LogP contribution in [-0.2, 0) is 6.54 Å². The van der Waals surface area contributed by atoms with Gasteiger partial charge in [-0.3, -0.25) is 0 Å². The van der Waals surface area contributed by atoms with Crippen molar-refractivity contribution in [2.75, 3.05) is 6.54 Å². The molecule has 0 amide bonds. The van der Waals surface area contributed by atoms with E-state index in [2.05, 4.69) is 27.5 Å². The minimum absolute atomic E-state index is 0.772. The highest BCUT2D eigenvalue weighted by Gasteiger charge is 2.05. The van der Waals surface area contributed by atoms with E-state index in [9.17, 15) is 0 Å². The fourth-order valence-corrected chi connectivity index (χ4v) is 1.90. The molecule has 2 rings (SSSR count). The van der Waals surface area contributed by atoms with Gasteiger partial charge in [-0.2, -0.15) is 5.10 Å². The van der Waals surface area contributed by atoms with Crippen molar-refractivity contribution in [3.63, 3.8) is 0 Å². The van der Waals surface area contributed by atoms with Crippen LogP contribution in [0.4, 0.5) is 0 Å². The van der Waals surface area contributed by atoms with E-state index in [0.29, 0.717) is 0 Å². The zero-order valence-electron chi connectivity index (χ0n) is 8.77. The molecular formula is C9H13N5S. The highest BCUT2D eigenvalue weighted by molar-refractivity contribution is 7.13. The molecule has 0 saturated carbocycles. The number of nitrogens with one attached hydrogen (secondary N) is 1. The molecule has 0 radical (unpaired) electrons. The van der Waals surface area contributed by atoms with E-state index in [1.165, 1.54) is 0 Å². The zero-order chi connectivity index (χ0) is 10.7. The molecule has 0 aliphatic rings. The van der Waals surface area contributed by atoms with Gasteiger partial charge in [0, 0.05) is 12.7 Å². The van der Waals surface area contributed by atoms with Crippen molar-refractivity contribution in [3.05, 3.63) is 23.0 Å². The van der Waals surface area contributed by atoms with Crippen LogP contribution in [0.5, 0.6) is 0 Å². The Morgan fingerprint density at radius 2 is 2.33 bits per heavy atom. The molecule has 0 aromatic carbocycles. The predicted octanol–water partition coefficient (Wildman–Crippen LogP) is 1.14. The summed E-state index contributed by atoms with van der Waals surface area (Å²) in [5.74, 6) is 0. The molecule has 6 heteroatoms. The van der Waals surface area contributed by atoms with Gasteiger partial charge in [0.1, 0.15) is 5.01 Å². The lowest BCUT2D eigenvalue weighted by atomic mass is 10.4. The maximum absolute atomic E-state index is 4.18. The number of hydrogen-bond donors (Lipinski definition) is 1. The summed E-state index contributed by atoms with van der Waals surface area (Å²) in [6.45, 7) is 5.78. The molecule has 80 valence electrons. The van der Waals surface area contributed by atoms with Crippen molar-refractivity contribution in [2.45, 2.75) is 20.4 Å². The van der Waals surface area contributed by atoms with E-state index in [1.54, 1.807) is 16.0 Å². The van der Waals surface area contributed by atoms with Gasteiger partial charge in [0.2, 0.25) is 5.13 Å². The highest BCUT2D eigenvalue weighted by Crippen LogP contribution is 2.13. The third-order valence-corrected chi connectivity index (χ3v) is 2.80. The Balaban J connectivity index is 2.13. The monoisotopic (exact) mass is 223 g/mol. The van der Waals surface area contributed by atoms with Crippen LogP contribution in [0.2, 0.25) is 0 Å². The van der Waals surface area contributed by atoms with Gasteiger partial charge in [-0.05, 0) is 19.0 Å². The van der Waals surface area contributed by atoms with Crippen molar-refractivity contribution >= 4 is 11.3 Å². The zero-order valence-corrected chi connectivity index (χ0v) is 9.58. The lowest BCUT2D eigenvalue weighted by molar-refractivity contribution is 0.713. The molecule has 0 fully saturated rings. The SMILES string of the molecule is CCNCc1nnc(-n2cc(C)cn2)s1. The van der Waals surface area contributed by atoms with Gasteiger partial charge in [-0.25, -0.2) is 4.68 Å². The molecule has 0 aliphatic carbocycles. The second kappa shape index (κ2) is 4.50. The summed E-state index contributed by atoms with van der Waals surface area (Å²) < 4.78 is 1.75. The van der Waals surface area contributed by atoms with E-state index in [0.717, 1.165) is 28.8 Å². The topological polar surface area (TPSA) is 55.6 Å². The van der Waals surface area contributed by atoms with E-state index in [1.807, 2.05) is 19.3 Å². The average Bonchev–Trinajstić information content (AvgIpc) is 2.83. The van der Waals surface area contributed by atoms with Gasteiger partial charge in [0.05, 0.1) is 6.20 Å². The maximum Gasteiger partial charge on any atom is 0.232 e. The number of aromatic nitrogens is 4. The van der Waals surface area contributed by atoms with Crippen molar-refractivity contribution in [1.29, 1.82) is 0 Å². The van der Waals surface area contributed by atoms with Crippen molar-refractivity contribution < 1.29 is 0 Å². The smallest absolute Gasteiger partial charge is 0.232 e. The summed E-state index contributed by atoms with van der Waals surface area (Å²) in [4.78, 5) is 0. The first-order valence-electron chi connectivity index (χ1n) is 4.84. The molecule has 2 heterocycles. The summed E-state index contributed by atoms with van der Waals surface area (Å²) in [5.41, 5.74) is 1.12. The molecule has 5 nitrogen and oxygen atoms in total. The first-order chi connectivity index (χ1) is 7.29. The van der Waals surface area contributed by atoms with Gasteiger partial charge >= 0.3 is 0 Å².